The van der Waals surface area contributed by atoms with E-state index in [1.54, 1.807) is 24.5 Å². The summed E-state index contributed by atoms with van der Waals surface area (Å²) >= 11 is 0. The Labute approximate surface area is 305 Å². The number of amides is 4. The fourth-order valence-corrected chi connectivity index (χ4v) is 8.00. The molecule has 0 bridgehead atoms. The number of aliphatic imine (C=N–C) groups is 1. The van der Waals surface area contributed by atoms with E-state index in [1.165, 1.54) is 11.1 Å². The summed E-state index contributed by atoms with van der Waals surface area (Å²) in [7, 11) is 1.86. The Bertz CT molecular complexity index is 2340. The number of aryl methyl sites for hydroxylation is 1. The summed E-state index contributed by atoms with van der Waals surface area (Å²) in [6.07, 6.45) is 7.87. The number of anilines is 2. The van der Waals surface area contributed by atoms with Crippen LogP contribution in [0.1, 0.15) is 51.1 Å². The van der Waals surface area contributed by atoms with Crippen molar-refractivity contribution in [2.24, 2.45) is 4.99 Å². The van der Waals surface area contributed by atoms with E-state index in [1.807, 2.05) is 29.9 Å². The van der Waals surface area contributed by atoms with E-state index in [9.17, 15) is 19.2 Å². The van der Waals surface area contributed by atoms with Crippen molar-refractivity contribution in [1.82, 2.24) is 25.0 Å². The number of piperidine rings is 1. The van der Waals surface area contributed by atoms with Crippen LogP contribution < -0.4 is 15.1 Å². The molecule has 9 rings (SSSR count). The van der Waals surface area contributed by atoms with E-state index < -0.39 is 29.7 Å². The number of piperazine rings is 1. The van der Waals surface area contributed by atoms with Crippen molar-refractivity contribution < 1.29 is 19.2 Å². The molecular formula is C41H36N8O4. The van der Waals surface area contributed by atoms with Gasteiger partial charge in [0.05, 0.1) is 16.8 Å². The summed E-state index contributed by atoms with van der Waals surface area (Å²) in [6.45, 7) is 2.99. The molecular weight excluding hydrogens is 669 g/mol. The molecule has 1 unspecified atom stereocenters. The summed E-state index contributed by atoms with van der Waals surface area (Å²) in [5, 5.41) is 7.32. The van der Waals surface area contributed by atoms with Gasteiger partial charge < -0.3 is 9.80 Å². The maximum absolute atomic E-state index is 13.4. The zero-order valence-corrected chi connectivity index (χ0v) is 29.2. The molecule has 12 heteroatoms. The Kier molecular flexibility index (Phi) is 7.94. The second kappa shape index (κ2) is 13.0. The third-order valence-electron chi connectivity index (χ3n) is 10.8. The lowest BCUT2D eigenvalue weighted by molar-refractivity contribution is -0.136. The molecule has 4 amide bonds. The highest BCUT2D eigenvalue weighted by atomic mass is 16.2. The van der Waals surface area contributed by atoms with Crippen LogP contribution >= 0.6 is 0 Å². The van der Waals surface area contributed by atoms with Gasteiger partial charge in [0.15, 0.2) is 0 Å². The molecule has 2 saturated heterocycles. The first-order valence-electron chi connectivity index (χ1n) is 17.9. The van der Waals surface area contributed by atoms with Crippen LogP contribution in [0, 0.1) is 0 Å². The number of imide groups is 2. The van der Waals surface area contributed by atoms with Gasteiger partial charge in [0, 0.05) is 86.5 Å². The monoisotopic (exact) mass is 704 g/mol. The van der Waals surface area contributed by atoms with Gasteiger partial charge in [-0.05, 0) is 90.6 Å². The van der Waals surface area contributed by atoms with E-state index in [4.69, 9.17) is 5.10 Å². The van der Waals surface area contributed by atoms with E-state index in [0.717, 1.165) is 89.1 Å². The summed E-state index contributed by atoms with van der Waals surface area (Å²) < 4.78 is 1.94. The molecule has 264 valence electrons. The lowest BCUT2D eigenvalue weighted by atomic mass is 9.98. The highest BCUT2D eigenvalue weighted by Gasteiger charge is 2.44. The van der Waals surface area contributed by atoms with Crippen LogP contribution in [0.4, 0.5) is 11.4 Å². The van der Waals surface area contributed by atoms with Gasteiger partial charge in [-0.25, -0.2) is 4.68 Å². The number of fused-ring (bicyclic) bond motifs is 2. The van der Waals surface area contributed by atoms with Gasteiger partial charge in [0.1, 0.15) is 11.7 Å². The molecule has 3 aromatic carbocycles. The Balaban J connectivity index is 0.905. The van der Waals surface area contributed by atoms with Crippen LogP contribution in [0.25, 0.3) is 28.1 Å². The van der Waals surface area contributed by atoms with Crippen molar-refractivity contribution in [2.75, 3.05) is 43.0 Å². The minimum absolute atomic E-state index is 0.0889. The van der Waals surface area contributed by atoms with Crippen LogP contribution in [-0.2, 0) is 16.0 Å². The van der Waals surface area contributed by atoms with Crippen molar-refractivity contribution in [3.05, 3.63) is 114 Å². The van der Waals surface area contributed by atoms with Crippen LogP contribution in [0.3, 0.4) is 0 Å². The molecule has 53 heavy (non-hydrogen) atoms. The van der Waals surface area contributed by atoms with Crippen LogP contribution in [0.2, 0.25) is 0 Å². The molecule has 1 N–H and O–H groups in total. The molecule has 1 atom stereocenters. The predicted molar refractivity (Wildman–Crippen MR) is 201 cm³/mol. The molecule has 0 saturated carbocycles. The van der Waals surface area contributed by atoms with Gasteiger partial charge >= 0.3 is 0 Å². The lowest BCUT2D eigenvalue weighted by Crippen LogP contribution is -2.54. The normalized spacial score (nSPS) is 19.2. The van der Waals surface area contributed by atoms with Crippen molar-refractivity contribution in [2.45, 2.75) is 31.7 Å². The van der Waals surface area contributed by atoms with Gasteiger partial charge in [-0.3, -0.25) is 39.4 Å². The van der Waals surface area contributed by atoms with Crippen molar-refractivity contribution >= 4 is 40.7 Å². The summed E-state index contributed by atoms with van der Waals surface area (Å²) in [5.74, 6) is -2.00. The van der Waals surface area contributed by atoms with Crippen LogP contribution in [0.15, 0.2) is 96.4 Å². The highest BCUT2D eigenvalue weighted by molar-refractivity contribution is 6.23. The minimum atomic E-state index is -0.980. The molecule has 4 aliphatic rings. The summed E-state index contributed by atoms with van der Waals surface area (Å²) in [6, 6.07) is 23.4. The molecule has 12 nitrogen and oxygen atoms in total. The van der Waals surface area contributed by atoms with Crippen molar-refractivity contribution in [3.63, 3.8) is 0 Å². The second-order valence-electron chi connectivity index (χ2n) is 13.8. The van der Waals surface area contributed by atoms with Crippen LogP contribution in [0.5, 0.6) is 0 Å². The topological polar surface area (TPSA) is 133 Å². The number of nitrogens with one attached hydrogen (secondary N) is 1. The number of carbonyl (C=O) groups is 4. The smallest absolute Gasteiger partial charge is 0.262 e. The number of benzene rings is 3. The third-order valence-corrected chi connectivity index (χ3v) is 10.8. The lowest BCUT2D eigenvalue weighted by Gasteiger charge is -2.37. The first kappa shape index (κ1) is 32.5. The molecule has 0 spiro atoms. The molecule has 2 aromatic heterocycles. The maximum Gasteiger partial charge on any atom is 0.262 e. The number of pyridine rings is 1. The third kappa shape index (κ3) is 5.67. The quantitative estimate of drug-likeness (QED) is 0.252. The van der Waals surface area contributed by atoms with Gasteiger partial charge in [-0.2, -0.15) is 5.10 Å². The zero-order valence-electron chi connectivity index (χ0n) is 29.2. The minimum Gasteiger partial charge on any atom is -0.368 e. The average molecular weight is 705 g/mol. The molecule has 5 aromatic rings. The molecule has 3 aliphatic heterocycles. The average Bonchev–Trinajstić information content (AvgIpc) is 3.89. The fourth-order valence-electron chi connectivity index (χ4n) is 8.00. The number of aromatic nitrogens is 3. The van der Waals surface area contributed by atoms with Crippen LogP contribution in [-0.4, -0.2) is 88.3 Å². The Morgan fingerprint density at radius 3 is 2.09 bits per heavy atom. The molecule has 5 heterocycles. The van der Waals surface area contributed by atoms with Gasteiger partial charge in [-0.15, -0.1) is 0 Å². The van der Waals surface area contributed by atoms with E-state index in [-0.39, 0.29) is 18.4 Å². The van der Waals surface area contributed by atoms with E-state index in [2.05, 4.69) is 73.8 Å². The summed E-state index contributed by atoms with van der Waals surface area (Å²) in [5.41, 5.74) is 11.3. The Morgan fingerprint density at radius 1 is 0.679 bits per heavy atom. The Hall–Kier alpha value is -6.43. The van der Waals surface area contributed by atoms with E-state index in [0.29, 0.717) is 5.56 Å². The van der Waals surface area contributed by atoms with Crippen molar-refractivity contribution in [1.29, 1.82) is 0 Å². The van der Waals surface area contributed by atoms with E-state index >= 15 is 0 Å². The Morgan fingerprint density at radius 2 is 1.36 bits per heavy atom. The first-order chi connectivity index (χ1) is 25.9. The van der Waals surface area contributed by atoms with Gasteiger partial charge in [0.25, 0.3) is 11.8 Å². The molecule has 1 aliphatic carbocycles. The maximum atomic E-state index is 13.4. The van der Waals surface area contributed by atoms with Crippen molar-refractivity contribution in [3.8, 4) is 28.1 Å². The number of carbonyl (C=O) groups excluding carboxylic acids is 4. The summed E-state index contributed by atoms with van der Waals surface area (Å²) in [4.78, 5) is 64.8. The SMILES string of the molecule is CN=C1CCc2cc(-c3cn(-c4ccc(N5CCN(c6ccc7c(c6)C(=O)N(C6CCC(=O)NC6=O)C7=O)CC5)cc4)nc3-c3ccncc3)ccc21. The van der Waals surface area contributed by atoms with Gasteiger partial charge in [-0.1, -0.05) is 18.2 Å². The standard InChI is InChI=1S/C41H36N8O4/c1-42-35-11-3-26-22-27(2-9-31(26)35)34-24-48(45-38(34)25-14-16-43-17-15-25)29-6-4-28(5-7-29)46-18-20-47(21-19-46)30-8-10-32-33(23-30)41(53)49(40(32)52)36-12-13-37(50)44-39(36)51/h2,4-10,14-17,22-24,36H,3,11-13,18-21H2,1H3,(H,44,50,51). The number of rotatable bonds is 6. The first-order valence-corrected chi connectivity index (χ1v) is 17.9. The van der Waals surface area contributed by atoms with Gasteiger partial charge in [0.2, 0.25) is 11.8 Å². The number of nitrogens with zero attached hydrogens (tertiary/aromatic N) is 7. The zero-order chi connectivity index (χ0) is 36.2. The second-order valence-corrected chi connectivity index (χ2v) is 13.8. The fraction of sp³-hybridized carbons (Fsp3) is 0.244. The predicted octanol–water partition coefficient (Wildman–Crippen LogP) is 4.69. The highest BCUT2D eigenvalue weighted by Crippen LogP contribution is 2.36. The number of hydrogen-bond donors (Lipinski definition) is 1. The molecule has 2 fully saturated rings. The molecule has 0 radical (unpaired) electrons. The number of hydrogen-bond acceptors (Lipinski definition) is 9. The largest absolute Gasteiger partial charge is 0.368 e.